The predicted molar refractivity (Wildman–Crippen MR) is 87.0 cm³/mol. The van der Waals surface area contributed by atoms with E-state index in [2.05, 4.69) is 36.5 Å². The average molecular weight is 279 g/mol. The molecule has 3 aromatic carbocycles. The Labute approximate surface area is 124 Å². The molecule has 1 nitrogen and oxygen atoms in total. The molecule has 1 atom stereocenters. The summed E-state index contributed by atoms with van der Waals surface area (Å²) < 4.78 is 13.4. The highest BCUT2D eigenvalue weighted by Crippen LogP contribution is 2.28. The minimum atomic E-state index is -0.189. The largest absolute Gasteiger partial charge is 0.378 e. The molecule has 0 aromatic heterocycles. The van der Waals surface area contributed by atoms with Gasteiger partial charge in [-0.1, -0.05) is 55.5 Å². The highest BCUT2D eigenvalue weighted by Gasteiger charge is 2.11. The molecule has 0 spiro atoms. The summed E-state index contributed by atoms with van der Waals surface area (Å²) in [5.74, 6) is -0.189. The van der Waals surface area contributed by atoms with Crippen molar-refractivity contribution in [3.05, 3.63) is 78.1 Å². The van der Waals surface area contributed by atoms with E-state index in [0.717, 1.165) is 17.7 Å². The maximum absolute atomic E-state index is 13.4. The third-order valence-corrected chi connectivity index (χ3v) is 3.78. The summed E-state index contributed by atoms with van der Waals surface area (Å²) in [5.41, 5.74) is 2.06. The normalized spacial score (nSPS) is 12.3. The van der Waals surface area contributed by atoms with Crippen LogP contribution >= 0.6 is 0 Å². The van der Waals surface area contributed by atoms with E-state index in [1.165, 1.54) is 16.8 Å². The van der Waals surface area contributed by atoms with Gasteiger partial charge in [0.1, 0.15) is 5.82 Å². The number of benzene rings is 3. The van der Waals surface area contributed by atoms with E-state index in [4.69, 9.17) is 0 Å². The van der Waals surface area contributed by atoms with Crippen molar-refractivity contribution in [3.63, 3.8) is 0 Å². The Hall–Kier alpha value is -2.35. The van der Waals surface area contributed by atoms with E-state index in [9.17, 15) is 4.39 Å². The summed E-state index contributed by atoms with van der Waals surface area (Å²) in [5, 5.41) is 5.94. The van der Waals surface area contributed by atoms with Crippen molar-refractivity contribution in [1.82, 2.24) is 0 Å². The monoisotopic (exact) mass is 279 g/mol. The molecule has 1 N–H and O–H groups in total. The zero-order valence-electron chi connectivity index (χ0n) is 12.0. The van der Waals surface area contributed by atoms with Crippen LogP contribution in [0.15, 0.2) is 66.7 Å². The van der Waals surface area contributed by atoms with Crippen LogP contribution in [0.5, 0.6) is 0 Å². The van der Waals surface area contributed by atoms with E-state index in [0.29, 0.717) is 0 Å². The average Bonchev–Trinajstić information content (AvgIpc) is 2.52. The Kier molecular flexibility index (Phi) is 3.87. The van der Waals surface area contributed by atoms with Crippen molar-refractivity contribution in [3.8, 4) is 0 Å². The Morgan fingerprint density at radius 3 is 2.52 bits per heavy atom. The SMILES string of the molecule is CCC(Nc1cccc2ccccc12)c1cccc(F)c1. The van der Waals surface area contributed by atoms with E-state index in [-0.39, 0.29) is 11.9 Å². The van der Waals surface area contributed by atoms with Gasteiger partial charge in [0.25, 0.3) is 0 Å². The second kappa shape index (κ2) is 5.96. The first kappa shape index (κ1) is 13.6. The molecule has 0 saturated carbocycles. The summed E-state index contributed by atoms with van der Waals surface area (Å²) in [4.78, 5) is 0. The van der Waals surface area contributed by atoms with E-state index < -0.39 is 0 Å². The van der Waals surface area contributed by atoms with Gasteiger partial charge in [-0.2, -0.15) is 0 Å². The number of nitrogens with one attached hydrogen (secondary N) is 1. The summed E-state index contributed by atoms with van der Waals surface area (Å²) in [6, 6.07) is 21.4. The standard InChI is InChI=1S/C19H18FN/c1-2-18(15-9-5-10-16(20)13-15)21-19-12-6-8-14-7-3-4-11-17(14)19/h3-13,18,21H,2H2,1H3. The van der Waals surface area contributed by atoms with Crippen LogP contribution in [0.2, 0.25) is 0 Å². The summed E-state index contributed by atoms with van der Waals surface area (Å²) >= 11 is 0. The van der Waals surface area contributed by atoms with Crippen LogP contribution in [0.3, 0.4) is 0 Å². The second-order valence-electron chi connectivity index (χ2n) is 5.19. The van der Waals surface area contributed by atoms with Gasteiger partial charge >= 0.3 is 0 Å². The number of rotatable bonds is 4. The van der Waals surface area contributed by atoms with Crippen LogP contribution in [0.1, 0.15) is 24.9 Å². The topological polar surface area (TPSA) is 12.0 Å². The first-order valence-corrected chi connectivity index (χ1v) is 7.27. The molecular weight excluding hydrogens is 261 g/mol. The maximum atomic E-state index is 13.4. The van der Waals surface area contributed by atoms with Gasteiger partial charge in [-0.25, -0.2) is 4.39 Å². The van der Waals surface area contributed by atoms with Crippen LogP contribution in [0, 0.1) is 5.82 Å². The summed E-state index contributed by atoms with van der Waals surface area (Å²) in [6.07, 6.45) is 0.896. The number of fused-ring (bicyclic) bond motifs is 1. The van der Waals surface area contributed by atoms with Crippen molar-refractivity contribution in [2.24, 2.45) is 0 Å². The molecular formula is C19H18FN. The molecule has 106 valence electrons. The van der Waals surface area contributed by atoms with Gasteiger partial charge in [0.15, 0.2) is 0 Å². The van der Waals surface area contributed by atoms with Gasteiger partial charge in [-0.3, -0.25) is 0 Å². The fourth-order valence-electron chi connectivity index (χ4n) is 2.68. The molecule has 3 aromatic rings. The lowest BCUT2D eigenvalue weighted by Gasteiger charge is -2.20. The molecule has 0 amide bonds. The highest BCUT2D eigenvalue weighted by atomic mass is 19.1. The summed E-state index contributed by atoms with van der Waals surface area (Å²) in [6.45, 7) is 2.10. The van der Waals surface area contributed by atoms with E-state index >= 15 is 0 Å². The van der Waals surface area contributed by atoms with Gasteiger partial charge in [0, 0.05) is 11.1 Å². The lowest BCUT2D eigenvalue weighted by Crippen LogP contribution is -2.10. The smallest absolute Gasteiger partial charge is 0.123 e. The quantitative estimate of drug-likeness (QED) is 0.661. The zero-order chi connectivity index (χ0) is 14.7. The minimum Gasteiger partial charge on any atom is -0.378 e. The molecule has 0 radical (unpaired) electrons. The molecule has 2 heteroatoms. The van der Waals surface area contributed by atoms with Crippen molar-refractivity contribution >= 4 is 16.5 Å². The molecule has 0 aliphatic rings. The first-order valence-electron chi connectivity index (χ1n) is 7.27. The third kappa shape index (κ3) is 2.89. The molecule has 21 heavy (non-hydrogen) atoms. The predicted octanol–water partition coefficient (Wildman–Crippen LogP) is 5.54. The molecule has 0 aliphatic heterocycles. The molecule has 0 heterocycles. The van der Waals surface area contributed by atoms with E-state index in [1.807, 2.05) is 24.3 Å². The Bertz CT molecular complexity index is 746. The molecule has 0 aliphatic carbocycles. The number of hydrogen-bond donors (Lipinski definition) is 1. The van der Waals surface area contributed by atoms with Crippen LogP contribution < -0.4 is 5.32 Å². The highest BCUT2D eigenvalue weighted by molar-refractivity contribution is 5.93. The molecule has 0 bridgehead atoms. The number of halogens is 1. The van der Waals surface area contributed by atoms with Crippen molar-refractivity contribution in [1.29, 1.82) is 0 Å². The fourth-order valence-corrected chi connectivity index (χ4v) is 2.68. The lowest BCUT2D eigenvalue weighted by molar-refractivity contribution is 0.621. The van der Waals surface area contributed by atoms with Crippen LogP contribution in [0.25, 0.3) is 10.8 Å². The van der Waals surface area contributed by atoms with Crippen LogP contribution in [0.4, 0.5) is 10.1 Å². The molecule has 3 rings (SSSR count). The minimum absolute atomic E-state index is 0.103. The number of anilines is 1. The molecule has 0 saturated heterocycles. The van der Waals surface area contributed by atoms with Crippen molar-refractivity contribution < 1.29 is 4.39 Å². The number of hydrogen-bond acceptors (Lipinski definition) is 1. The Balaban J connectivity index is 1.96. The third-order valence-electron chi connectivity index (χ3n) is 3.78. The zero-order valence-corrected chi connectivity index (χ0v) is 12.0. The van der Waals surface area contributed by atoms with Crippen molar-refractivity contribution in [2.45, 2.75) is 19.4 Å². The van der Waals surface area contributed by atoms with Crippen LogP contribution in [-0.4, -0.2) is 0 Å². The van der Waals surface area contributed by atoms with Gasteiger partial charge in [-0.15, -0.1) is 0 Å². The van der Waals surface area contributed by atoms with Gasteiger partial charge < -0.3 is 5.32 Å². The van der Waals surface area contributed by atoms with E-state index in [1.54, 1.807) is 12.1 Å². The van der Waals surface area contributed by atoms with Gasteiger partial charge in [0.05, 0.1) is 6.04 Å². The fraction of sp³-hybridized carbons (Fsp3) is 0.158. The maximum Gasteiger partial charge on any atom is 0.123 e. The van der Waals surface area contributed by atoms with Gasteiger partial charge in [0.2, 0.25) is 0 Å². The Morgan fingerprint density at radius 1 is 0.952 bits per heavy atom. The molecule has 0 fully saturated rings. The van der Waals surface area contributed by atoms with Crippen LogP contribution in [-0.2, 0) is 0 Å². The van der Waals surface area contributed by atoms with Gasteiger partial charge in [-0.05, 0) is 35.6 Å². The summed E-state index contributed by atoms with van der Waals surface area (Å²) in [7, 11) is 0. The lowest BCUT2D eigenvalue weighted by atomic mass is 10.0. The van der Waals surface area contributed by atoms with Crippen molar-refractivity contribution in [2.75, 3.05) is 5.32 Å². The first-order chi connectivity index (χ1) is 10.3. The second-order valence-corrected chi connectivity index (χ2v) is 5.19. The molecule has 1 unspecified atom stereocenters. The Morgan fingerprint density at radius 2 is 1.71 bits per heavy atom.